The van der Waals surface area contributed by atoms with Gasteiger partial charge in [-0.25, -0.2) is 4.98 Å². The molecular weight excluding hydrogens is 358 g/mol. The maximum absolute atomic E-state index is 12.2. The van der Waals surface area contributed by atoms with E-state index < -0.39 is 0 Å². The Hall–Kier alpha value is -1.44. The molecule has 1 saturated heterocycles. The molecule has 4 N–H and O–H groups in total. The lowest BCUT2D eigenvalue weighted by Crippen LogP contribution is -2.43. The number of nitrogens with two attached hydrogens (primary N) is 1. The highest BCUT2D eigenvalue weighted by atomic mass is 35.5. The molecule has 6 nitrogen and oxygen atoms in total. The van der Waals surface area contributed by atoms with E-state index in [0.717, 1.165) is 66.1 Å². The van der Waals surface area contributed by atoms with Crippen molar-refractivity contribution >= 4 is 52.5 Å². The van der Waals surface area contributed by atoms with Gasteiger partial charge in [-0.05, 0) is 31.9 Å². The van der Waals surface area contributed by atoms with Crippen molar-refractivity contribution in [3.63, 3.8) is 0 Å². The number of hydrogen-bond donors (Lipinski definition) is 3. The number of anilines is 2. The molecule has 2 aromatic heterocycles. The zero-order valence-corrected chi connectivity index (χ0v) is 15.9. The number of carbonyl (C=O) groups excluding carboxylic acids is 1. The minimum Gasteiger partial charge on any atom is -0.368 e. The number of nitrogens with one attached hydrogen (secondary N) is 2. The summed E-state index contributed by atoms with van der Waals surface area (Å²) in [4.78, 5) is 23.4. The molecule has 4 rings (SSSR count). The van der Waals surface area contributed by atoms with Gasteiger partial charge in [0.2, 0.25) is 5.91 Å². The van der Waals surface area contributed by atoms with Crippen molar-refractivity contribution in [2.75, 3.05) is 29.6 Å². The number of pyridine rings is 1. The number of carbonyl (C=O) groups is 1. The van der Waals surface area contributed by atoms with Gasteiger partial charge in [-0.15, -0.1) is 24.2 Å². The van der Waals surface area contributed by atoms with Crippen LogP contribution in [-0.2, 0) is 4.79 Å². The van der Waals surface area contributed by atoms with Gasteiger partial charge in [-0.3, -0.25) is 4.79 Å². The van der Waals surface area contributed by atoms with Crippen molar-refractivity contribution in [2.45, 2.75) is 36.6 Å². The number of hydrogen-bond acceptors (Lipinski definition) is 5. The van der Waals surface area contributed by atoms with E-state index in [1.54, 1.807) is 11.8 Å². The fraction of sp³-hybridized carbons (Fsp3) is 0.529. The largest absolute Gasteiger partial charge is 0.368 e. The van der Waals surface area contributed by atoms with Crippen LogP contribution < -0.4 is 16.0 Å². The molecule has 0 spiro atoms. The Bertz CT molecular complexity index is 776. The number of thioether (sulfide) groups is 1. The van der Waals surface area contributed by atoms with E-state index in [4.69, 9.17) is 5.73 Å². The van der Waals surface area contributed by atoms with Crippen LogP contribution in [0.4, 0.5) is 11.4 Å². The van der Waals surface area contributed by atoms with E-state index in [1.807, 2.05) is 12.4 Å². The molecule has 1 aliphatic heterocycles. The van der Waals surface area contributed by atoms with E-state index in [1.165, 1.54) is 0 Å². The number of piperidine rings is 1. The highest BCUT2D eigenvalue weighted by molar-refractivity contribution is 7.98. The molecular formula is C17H24ClN5OS. The summed E-state index contributed by atoms with van der Waals surface area (Å²) in [6, 6.07) is 0.195. The van der Waals surface area contributed by atoms with Crippen molar-refractivity contribution in [1.29, 1.82) is 0 Å². The molecule has 0 bridgehead atoms. The first kappa shape index (κ1) is 18.4. The Labute approximate surface area is 157 Å². The Kier molecular flexibility index (Phi) is 5.46. The van der Waals surface area contributed by atoms with Gasteiger partial charge in [0.05, 0.1) is 16.8 Å². The third kappa shape index (κ3) is 3.59. The Balaban J connectivity index is 0.00000182. The standard InChI is InChI=1S/C17H23N5OS.ClH/c1-24-13-8-20-16-14(15(13)22-6-2-3-11(18)9-22)12(7-19-16)21-17(23)10-4-5-10;/h7-8,10-11H,2-6,9,18H2,1H3,(H,19,20)(H,21,23);1H. The molecule has 0 radical (unpaired) electrons. The summed E-state index contributed by atoms with van der Waals surface area (Å²) >= 11 is 1.68. The second-order valence-electron chi connectivity index (χ2n) is 6.71. The first-order valence-electron chi connectivity index (χ1n) is 8.53. The van der Waals surface area contributed by atoms with Crippen LogP contribution in [0.25, 0.3) is 11.0 Å². The van der Waals surface area contributed by atoms with E-state index in [0.29, 0.717) is 0 Å². The lowest BCUT2D eigenvalue weighted by molar-refractivity contribution is -0.117. The second-order valence-corrected chi connectivity index (χ2v) is 7.56. The maximum Gasteiger partial charge on any atom is 0.227 e. The summed E-state index contributed by atoms with van der Waals surface area (Å²) in [5.74, 6) is 0.297. The number of nitrogens with zero attached hydrogens (tertiary/aromatic N) is 2. The van der Waals surface area contributed by atoms with Crippen molar-refractivity contribution in [3.8, 4) is 0 Å². The zero-order chi connectivity index (χ0) is 16.7. The van der Waals surface area contributed by atoms with E-state index in [-0.39, 0.29) is 30.3 Å². The van der Waals surface area contributed by atoms with Crippen molar-refractivity contribution in [1.82, 2.24) is 9.97 Å². The van der Waals surface area contributed by atoms with Crippen LogP contribution in [0.15, 0.2) is 17.3 Å². The van der Waals surface area contributed by atoms with Gasteiger partial charge in [0.1, 0.15) is 5.65 Å². The summed E-state index contributed by atoms with van der Waals surface area (Å²) in [5.41, 5.74) is 8.99. The van der Waals surface area contributed by atoms with E-state index >= 15 is 0 Å². The summed E-state index contributed by atoms with van der Waals surface area (Å²) < 4.78 is 0. The number of rotatable bonds is 4. The molecule has 2 aromatic rings. The first-order chi connectivity index (χ1) is 11.7. The normalized spacial score (nSPS) is 20.4. The third-order valence-electron chi connectivity index (χ3n) is 4.84. The maximum atomic E-state index is 12.2. The smallest absolute Gasteiger partial charge is 0.227 e. The average Bonchev–Trinajstić information content (AvgIpc) is 3.36. The predicted molar refractivity (Wildman–Crippen MR) is 106 cm³/mol. The number of fused-ring (bicyclic) bond motifs is 1. The summed E-state index contributed by atoms with van der Waals surface area (Å²) in [5, 5.41) is 4.10. The van der Waals surface area contributed by atoms with Gasteiger partial charge in [-0.1, -0.05) is 0 Å². The van der Waals surface area contributed by atoms with Gasteiger partial charge >= 0.3 is 0 Å². The number of aromatic amines is 1. The lowest BCUT2D eigenvalue weighted by atomic mass is 10.1. The van der Waals surface area contributed by atoms with Crippen LogP contribution in [0.2, 0.25) is 0 Å². The summed E-state index contributed by atoms with van der Waals surface area (Å²) in [6.07, 6.45) is 9.98. The molecule has 136 valence electrons. The third-order valence-corrected chi connectivity index (χ3v) is 5.58. The predicted octanol–water partition coefficient (Wildman–Crippen LogP) is 2.98. The van der Waals surface area contributed by atoms with Crippen molar-refractivity contribution in [2.24, 2.45) is 11.7 Å². The van der Waals surface area contributed by atoms with Crippen molar-refractivity contribution < 1.29 is 4.79 Å². The number of aromatic nitrogens is 2. The van der Waals surface area contributed by atoms with Crippen LogP contribution in [0.1, 0.15) is 25.7 Å². The molecule has 3 heterocycles. The summed E-state index contributed by atoms with van der Waals surface area (Å²) in [7, 11) is 0. The van der Waals surface area contributed by atoms with Crippen molar-refractivity contribution in [3.05, 3.63) is 12.4 Å². The van der Waals surface area contributed by atoms with Gasteiger partial charge in [-0.2, -0.15) is 0 Å². The van der Waals surface area contributed by atoms with Gasteiger partial charge in [0, 0.05) is 42.3 Å². The number of halogens is 1. The molecule has 2 aliphatic rings. The van der Waals surface area contributed by atoms with Gasteiger partial charge in [0.15, 0.2) is 0 Å². The number of amides is 1. The summed E-state index contributed by atoms with van der Waals surface area (Å²) in [6.45, 7) is 1.83. The minimum atomic E-state index is 0. The Morgan fingerprint density at radius 3 is 2.92 bits per heavy atom. The van der Waals surface area contributed by atoms with Crippen LogP contribution in [0, 0.1) is 5.92 Å². The minimum absolute atomic E-state index is 0. The molecule has 1 aliphatic carbocycles. The van der Waals surface area contributed by atoms with Gasteiger partial charge < -0.3 is 20.9 Å². The average molecular weight is 382 g/mol. The monoisotopic (exact) mass is 381 g/mol. The fourth-order valence-corrected chi connectivity index (χ4v) is 4.00. The van der Waals surface area contributed by atoms with E-state index in [2.05, 4.69) is 26.4 Å². The van der Waals surface area contributed by atoms with Crippen LogP contribution in [-0.4, -0.2) is 41.3 Å². The Morgan fingerprint density at radius 2 is 2.24 bits per heavy atom. The molecule has 2 fully saturated rings. The highest BCUT2D eigenvalue weighted by Gasteiger charge is 2.31. The second kappa shape index (κ2) is 7.43. The SMILES string of the molecule is CSc1cnc2[nH]cc(NC(=O)C3CC3)c2c1N1CCCC(N)C1.Cl. The van der Waals surface area contributed by atoms with E-state index in [9.17, 15) is 4.79 Å². The fourth-order valence-electron chi connectivity index (χ4n) is 3.42. The number of H-pyrrole nitrogens is 1. The molecule has 1 saturated carbocycles. The molecule has 0 aromatic carbocycles. The molecule has 25 heavy (non-hydrogen) atoms. The molecule has 1 unspecified atom stereocenters. The molecule has 1 amide bonds. The van der Waals surface area contributed by atoms with Crippen LogP contribution >= 0.6 is 24.2 Å². The van der Waals surface area contributed by atoms with Crippen LogP contribution in [0.5, 0.6) is 0 Å². The highest BCUT2D eigenvalue weighted by Crippen LogP contribution is 2.40. The van der Waals surface area contributed by atoms with Crippen LogP contribution in [0.3, 0.4) is 0 Å². The Morgan fingerprint density at radius 1 is 1.44 bits per heavy atom. The molecule has 1 atom stereocenters. The van der Waals surface area contributed by atoms with Gasteiger partial charge in [0.25, 0.3) is 0 Å². The topological polar surface area (TPSA) is 87.0 Å². The zero-order valence-electron chi connectivity index (χ0n) is 14.2. The quantitative estimate of drug-likeness (QED) is 0.708. The first-order valence-corrected chi connectivity index (χ1v) is 9.75. The lowest BCUT2D eigenvalue weighted by Gasteiger charge is -2.34. The molecule has 8 heteroatoms.